The minimum Gasteiger partial charge on any atom is -0.444 e. The van der Waals surface area contributed by atoms with Crippen LogP contribution < -0.4 is 5.32 Å². The second kappa shape index (κ2) is 11.8. The van der Waals surface area contributed by atoms with Gasteiger partial charge in [0.1, 0.15) is 11.9 Å². The molecule has 2 heterocycles. The Labute approximate surface area is 180 Å². The number of hydrogen-bond acceptors (Lipinski definition) is 6. The fraction of sp³-hybridized carbons (Fsp3) is 0.762. The van der Waals surface area contributed by atoms with E-state index in [4.69, 9.17) is 14.3 Å². The lowest BCUT2D eigenvalue weighted by Gasteiger charge is -2.36. The number of carbonyl (C=O) groups is 1. The van der Waals surface area contributed by atoms with Gasteiger partial charge in [-0.15, -0.1) is 0 Å². The van der Waals surface area contributed by atoms with Gasteiger partial charge in [0.2, 0.25) is 0 Å². The molecule has 1 aromatic rings. The van der Waals surface area contributed by atoms with Gasteiger partial charge in [-0.2, -0.15) is 0 Å². The largest absolute Gasteiger partial charge is 0.444 e. The van der Waals surface area contributed by atoms with Crippen LogP contribution in [0.5, 0.6) is 0 Å². The van der Waals surface area contributed by atoms with Crippen LogP contribution in [0.4, 0.5) is 4.79 Å². The van der Waals surface area contributed by atoms with Gasteiger partial charge in [-0.1, -0.05) is 12.1 Å². The summed E-state index contributed by atoms with van der Waals surface area (Å²) < 4.78 is 10.4. The highest BCUT2D eigenvalue weighted by Crippen LogP contribution is 2.11. The standard InChI is InChI=1S/C21H38N6O3/c1-6-10-27(20(28)30-21(3,4)5)11-9-23-19(22-7-2)26-14-12-25(13-15-26)17-18-8-16-29-24-18/h8,16H,6-7,9-15,17H2,1-5H3,(H,22,23). The monoisotopic (exact) mass is 422 g/mol. The number of aliphatic imine (C=N–C) groups is 1. The maximum Gasteiger partial charge on any atom is 0.410 e. The number of carbonyl (C=O) groups excluding carboxylic acids is 1. The summed E-state index contributed by atoms with van der Waals surface area (Å²) in [5.41, 5.74) is 0.467. The summed E-state index contributed by atoms with van der Waals surface area (Å²) in [6, 6.07) is 1.91. The van der Waals surface area contributed by atoms with Crippen LogP contribution in [-0.2, 0) is 11.3 Å². The van der Waals surface area contributed by atoms with Crippen molar-refractivity contribution in [3.05, 3.63) is 18.0 Å². The number of amides is 1. The Morgan fingerprint density at radius 2 is 2.00 bits per heavy atom. The van der Waals surface area contributed by atoms with Gasteiger partial charge in [0.15, 0.2) is 5.96 Å². The number of piperazine rings is 1. The first kappa shape index (κ1) is 24.0. The molecule has 0 aliphatic carbocycles. The molecule has 0 spiro atoms. The maximum absolute atomic E-state index is 12.4. The predicted molar refractivity (Wildman–Crippen MR) is 117 cm³/mol. The zero-order valence-corrected chi connectivity index (χ0v) is 19.2. The Balaban J connectivity index is 1.87. The molecule has 0 aromatic carbocycles. The molecule has 1 amide bonds. The Hall–Kier alpha value is -2.29. The zero-order valence-electron chi connectivity index (χ0n) is 19.2. The van der Waals surface area contributed by atoms with Gasteiger partial charge in [-0.3, -0.25) is 9.89 Å². The van der Waals surface area contributed by atoms with Crippen LogP contribution in [0, 0.1) is 0 Å². The molecule has 9 heteroatoms. The third-order valence-electron chi connectivity index (χ3n) is 4.66. The first-order valence-electron chi connectivity index (χ1n) is 10.9. The van der Waals surface area contributed by atoms with E-state index in [0.29, 0.717) is 19.6 Å². The number of hydrogen-bond donors (Lipinski definition) is 1. The SMILES string of the molecule is CCCN(CCN=C(NCC)N1CCN(Cc2ccon2)CC1)C(=O)OC(C)(C)C. The molecule has 0 unspecified atom stereocenters. The zero-order chi connectivity index (χ0) is 22.0. The molecule has 1 aromatic heterocycles. The first-order chi connectivity index (χ1) is 14.3. The summed E-state index contributed by atoms with van der Waals surface area (Å²) in [5, 5.41) is 7.37. The van der Waals surface area contributed by atoms with E-state index in [1.165, 1.54) is 0 Å². The molecule has 1 aliphatic rings. The average molecular weight is 423 g/mol. The number of guanidine groups is 1. The van der Waals surface area contributed by atoms with Crippen molar-refractivity contribution in [1.82, 2.24) is 25.2 Å². The maximum atomic E-state index is 12.4. The Kier molecular flexibility index (Phi) is 9.42. The summed E-state index contributed by atoms with van der Waals surface area (Å²) in [5.74, 6) is 0.902. The summed E-state index contributed by atoms with van der Waals surface area (Å²) in [6.45, 7) is 16.8. The molecule has 30 heavy (non-hydrogen) atoms. The smallest absolute Gasteiger partial charge is 0.410 e. The number of ether oxygens (including phenoxy) is 1. The van der Waals surface area contributed by atoms with Crippen LogP contribution in [0.15, 0.2) is 21.8 Å². The second-order valence-corrected chi connectivity index (χ2v) is 8.46. The predicted octanol–water partition coefficient (Wildman–Crippen LogP) is 2.40. The van der Waals surface area contributed by atoms with E-state index in [1.54, 1.807) is 11.2 Å². The van der Waals surface area contributed by atoms with Crippen molar-refractivity contribution in [1.29, 1.82) is 0 Å². The highest BCUT2D eigenvalue weighted by Gasteiger charge is 2.22. The molecule has 0 radical (unpaired) electrons. The van der Waals surface area contributed by atoms with Crippen molar-refractivity contribution in [2.75, 3.05) is 52.4 Å². The molecular formula is C21H38N6O3. The lowest BCUT2D eigenvalue weighted by Crippen LogP contribution is -2.52. The van der Waals surface area contributed by atoms with Gasteiger partial charge in [0.25, 0.3) is 0 Å². The van der Waals surface area contributed by atoms with E-state index >= 15 is 0 Å². The summed E-state index contributed by atoms with van der Waals surface area (Å²) in [4.78, 5) is 23.6. The molecular weight excluding hydrogens is 384 g/mol. The van der Waals surface area contributed by atoms with Gasteiger partial charge < -0.3 is 24.4 Å². The summed E-state index contributed by atoms with van der Waals surface area (Å²) in [6.07, 6.45) is 2.22. The molecule has 1 N–H and O–H groups in total. The van der Waals surface area contributed by atoms with Crippen molar-refractivity contribution >= 4 is 12.1 Å². The van der Waals surface area contributed by atoms with E-state index in [-0.39, 0.29) is 6.09 Å². The van der Waals surface area contributed by atoms with Crippen molar-refractivity contribution < 1.29 is 14.1 Å². The quantitative estimate of drug-likeness (QED) is 0.508. The van der Waals surface area contributed by atoms with Gasteiger partial charge in [0, 0.05) is 58.4 Å². The molecule has 9 nitrogen and oxygen atoms in total. The molecule has 0 atom stereocenters. The van der Waals surface area contributed by atoms with Gasteiger partial charge in [0.05, 0.1) is 12.2 Å². The fourth-order valence-corrected chi connectivity index (χ4v) is 3.26. The van der Waals surface area contributed by atoms with Crippen molar-refractivity contribution in [3.8, 4) is 0 Å². The topological polar surface area (TPSA) is 86.4 Å². The van der Waals surface area contributed by atoms with E-state index in [0.717, 1.165) is 57.3 Å². The van der Waals surface area contributed by atoms with E-state index in [9.17, 15) is 4.79 Å². The van der Waals surface area contributed by atoms with Crippen LogP contribution in [0.25, 0.3) is 0 Å². The minimum absolute atomic E-state index is 0.272. The van der Waals surface area contributed by atoms with Gasteiger partial charge in [-0.05, 0) is 34.1 Å². The minimum atomic E-state index is -0.493. The van der Waals surface area contributed by atoms with Gasteiger partial charge in [-0.25, -0.2) is 4.79 Å². The molecule has 1 aliphatic heterocycles. The molecule has 0 saturated carbocycles. The van der Waals surface area contributed by atoms with E-state index in [2.05, 4.69) is 34.1 Å². The van der Waals surface area contributed by atoms with Crippen molar-refractivity contribution in [3.63, 3.8) is 0 Å². The highest BCUT2D eigenvalue weighted by atomic mass is 16.6. The lowest BCUT2D eigenvalue weighted by molar-refractivity contribution is 0.0255. The highest BCUT2D eigenvalue weighted by molar-refractivity contribution is 5.80. The number of rotatable bonds is 8. The second-order valence-electron chi connectivity index (χ2n) is 8.46. The summed E-state index contributed by atoms with van der Waals surface area (Å²) >= 11 is 0. The third-order valence-corrected chi connectivity index (χ3v) is 4.66. The van der Waals surface area contributed by atoms with Crippen molar-refractivity contribution in [2.45, 2.75) is 53.2 Å². The van der Waals surface area contributed by atoms with E-state index < -0.39 is 5.60 Å². The molecule has 170 valence electrons. The van der Waals surface area contributed by atoms with Gasteiger partial charge >= 0.3 is 6.09 Å². The Morgan fingerprint density at radius 3 is 2.57 bits per heavy atom. The van der Waals surface area contributed by atoms with Crippen LogP contribution in [-0.4, -0.2) is 89.9 Å². The number of nitrogens with one attached hydrogen (secondary N) is 1. The molecule has 0 bridgehead atoms. The summed E-state index contributed by atoms with van der Waals surface area (Å²) in [7, 11) is 0. The van der Waals surface area contributed by atoms with Crippen LogP contribution in [0.1, 0.15) is 46.7 Å². The average Bonchev–Trinajstić information content (AvgIpc) is 3.19. The lowest BCUT2D eigenvalue weighted by atomic mass is 10.2. The van der Waals surface area contributed by atoms with Crippen LogP contribution in [0.3, 0.4) is 0 Å². The normalized spacial score (nSPS) is 15.9. The Morgan fingerprint density at radius 1 is 1.27 bits per heavy atom. The molecule has 2 rings (SSSR count). The Bertz CT molecular complexity index is 648. The number of aromatic nitrogens is 1. The fourth-order valence-electron chi connectivity index (χ4n) is 3.26. The molecule has 1 saturated heterocycles. The number of nitrogens with zero attached hydrogens (tertiary/aromatic N) is 5. The van der Waals surface area contributed by atoms with Crippen LogP contribution in [0.2, 0.25) is 0 Å². The van der Waals surface area contributed by atoms with Crippen LogP contribution >= 0.6 is 0 Å². The first-order valence-corrected chi connectivity index (χ1v) is 10.9. The van der Waals surface area contributed by atoms with E-state index in [1.807, 2.05) is 26.8 Å². The molecule has 1 fully saturated rings. The third kappa shape index (κ3) is 8.22. The van der Waals surface area contributed by atoms with Crippen molar-refractivity contribution in [2.24, 2.45) is 4.99 Å².